The maximum absolute atomic E-state index is 2.38. The number of likely N-dealkylation sites (N-methyl/N-ethyl adjacent to an activating group) is 1. The molecule has 0 N–H and O–H groups in total. The minimum absolute atomic E-state index is 0.521. The second-order valence-corrected chi connectivity index (χ2v) is 4.10. The Bertz CT molecular complexity index is 409. The Balaban J connectivity index is 2.09. The van der Waals surface area contributed by atoms with Crippen LogP contribution in [0, 0.1) is 0 Å². The smallest absolute Gasteiger partial charge is 0.109 e. The van der Waals surface area contributed by atoms with Gasteiger partial charge in [0.05, 0.1) is 0 Å². The van der Waals surface area contributed by atoms with E-state index in [4.69, 9.17) is 0 Å². The molecule has 3 rings (SSSR count). The number of nitrogens with zero attached hydrogens (tertiary/aromatic N) is 2. The molecule has 0 bridgehead atoms. The van der Waals surface area contributed by atoms with Gasteiger partial charge in [0.2, 0.25) is 0 Å². The van der Waals surface area contributed by atoms with Crippen molar-refractivity contribution in [1.82, 2.24) is 4.90 Å². The molecule has 0 aliphatic carbocycles. The van der Waals surface area contributed by atoms with Crippen molar-refractivity contribution in [3.8, 4) is 0 Å². The van der Waals surface area contributed by atoms with E-state index in [-0.39, 0.29) is 0 Å². The van der Waals surface area contributed by atoms with Crippen molar-refractivity contribution in [3.63, 3.8) is 0 Å². The first-order valence-corrected chi connectivity index (χ1v) is 5.05. The lowest BCUT2D eigenvalue weighted by atomic mass is 10.1. The van der Waals surface area contributed by atoms with Gasteiger partial charge in [0.25, 0.3) is 0 Å². The number of rotatable bonds is 0. The summed E-state index contributed by atoms with van der Waals surface area (Å²) in [6.07, 6.45) is 3.91. The van der Waals surface area contributed by atoms with Crippen LogP contribution in [-0.2, 0) is 6.42 Å². The second kappa shape index (κ2) is 2.53. The molecule has 0 saturated carbocycles. The van der Waals surface area contributed by atoms with E-state index in [1.165, 1.54) is 16.9 Å². The predicted molar refractivity (Wildman–Crippen MR) is 57.9 cm³/mol. The fourth-order valence-corrected chi connectivity index (χ4v) is 2.40. The van der Waals surface area contributed by atoms with E-state index in [1.54, 1.807) is 0 Å². The summed E-state index contributed by atoms with van der Waals surface area (Å²) in [6, 6.07) is 8.67. The summed E-state index contributed by atoms with van der Waals surface area (Å²) in [5.41, 5.74) is 4.19. The zero-order valence-electron chi connectivity index (χ0n) is 8.57. The van der Waals surface area contributed by atoms with E-state index in [2.05, 4.69) is 54.2 Å². The molecule has 1 unspecified atom stereocenters. The van der Waals surface area contributed by atoms with Gasteiger partial charge in [-0.05, 0) is 18.6 Å². The number of benzene rings is 1. The van der Waals surface area contributed by atoms with Gasteiger partial charge in [-0.2, -0.15) is 0 Å². The summed E-state index contributed by atoms with van der Waals surface area (Å²) in [5, 5.41) is 0. The Kier molecular flexibility index (Phi) is 1.43. The molecule has 1 atom stereocenters. The van der Waals surface area contributed by atoms with Crippen LogP contribution in [0.4, 0.5) is 5.69 Å². The molecule has 2 heteroatoms. The highest BCUT2D eigenvalue weighted by Gasteiger charge is 2.34. The lowest BCUT2D eigenvalue weighted by Crippen LogP contribution is -2.34. The largest absolute Gasteiger partial charge is 0.356 e. The summed E-state index contributed by atoms with van der Waals surface area (Å²) < 4.78 is 0. The van der Waals surface area contributed by atoms with E-state index >= 15 is 0 Å². The van der Waals surface area contributed by atoms with Crippen molar-refractivity contribution < 1.29 is 0 Å². The first-order valence-electron chi connectivity index (χ1n) is 5.05. The molecule has 2 aliphatic rings. The van der Waals surface area contributed by atoms with Crippen LogP contribution in [0.3, 0.4) is 0 Å². The fourth-order valence-electron chi connectivity index (χ4n) is 2.40. The minimum atomic E-state index is 0.521. The zero-order valence-corrected chi connectivity index (χ0v) is 8.57. The van der Waals surface area contributed by atoms with Gasteiger partial charge in [-0.3, -0.25) is 0 Å². The van der Waals surface area contributed by atoms with Crippen molar-refractivity contribution >= 4 is 5.69 Å². The lowest BCUT2D eigenvalue weighted by Gasteiger charge is -2.24. The van der Waals surface area contributed by atoms with Gasteiger partial charge in [-0.25, -0.2) is 0 Å². The van der Waals surface area contributed by atoms with E-state index in [0.29, 0.717) is 6.17 Å². The van der Waals surface area contributed by atoms with E-state index in [9.17, 15) is 0 Å². The summed E-state index contributed by atoms with van der Waals surface area (Å²) >= 11 is 0. The Morgan fingerprint density at radius 2 is 2.07 bits per heavy atom. The van der Waals surface area contributed by atoms with Crippen LogP contribution in [-0.4, -0.2) is 18.1 Å². The molecule has 1 aromatic carbocycles. The molecule has 0 amide bonds. The number of hydrogen-bond acceptors (Lipinski definition) is 2. The average molecular weight is 186 g/mol. The van der Waals surface area contributed by atoms with Crippen molar-refractivity contribution in [2.24, 2.45) is 0 Å². The van der Waals surface area contributed by atoms with Crippen molar-refractivity contribution in [1.29, 1.82) is 0 Å². The molecule has 14 heavy (non-hydrogen) atoms. The van der Waals surface area contributed by atoms with Crippen LogP contribution in [0.15, 0.2) is 36.2 Å². The molecular formula is C12H14N2. The molecule has 0 radical (unpaired) electrons. The molecular weight excluding hydrogens is 172 g/mol. The maximum Gasteiger partial charge on any atom is 0.109 e. The molecule has 2 heterocycles. The molecule has 2 aliphatic heterocycles. The third kappa shape index (κ3) is 0.857. The van der Waals surface area contributed by atoms with Gasteiger partial charge in [0.15, 0.2) is 0 Å². The van der Waals surface area contributed by atoms with Gasteiger partial charge in [-0.1, -0.05) is 18.2 Å². The van der Waals surface area contributed by atoms with E-state index < -0.39 is 0 Å². The van der Waals surface area contributed by atoms with Gasteiger partial charge >= 0.3 is 0 Å². The predicted octanol–water partition coefficient (Wildman–Crippen LogP) is 2.18. The molecule has 0 spiro atoms. The number of hydrogen-bond donors (Lipinski definition) is 0. The van der Waals surface area contributed by atoms with Crippen LogP contribution in [0.5, 0.6) is 0 Å². The van der Waals surface area contributed by atoms with E-state index in [1.807, 2.05) is 0 Å². The van der Waals surface area contributed by atoms with Crippen LogP contribution in [0.25, 0.3) is 0 Å². The third-order valence-electron chi connectivity index (χ3n) is 3.32. The lowest BCUT2D eigenvalue weighted by molar-refractivity contribution is 0.344. The molecule has 0 fully saturated rings. The van der Waals surface area contributed by atoms with Gasteiger partial charge < -0.3 is 9.80 Å². The number of fused-ring (bicyclic) bond motifs is 3. The first kappa shape index (κ1) is 7.92. The molecule has 72 valence electrons. The Morgan fingerprint density at radius 1 is 1.29 bits per heavy atom. The van der Waals surface area contributed by atoms with Gasteiger partial charge in [0, 0.05) is 31.1 Å². The van der Waals surface area contributed by atoms with Crippen LogP contribution >= 0.6 is 0 Å². The van der Waals surface area contributed by atoms with Crippen LogP contribution in [0.2, 0.25) is 0 Å². The Labute approximate surface area is 84.4 Å². The number of para-hydroxylation sites is 1. The van der Waals surface area contributed by atoms with Crippen LogP contribution in [0.1, 0.15) is 12.5 Å². The average Bonchev–Trinajstić information content (AvgIpc) is 2.67. The Morgan fingerprint density at radius 3 is 2.93 bits per heavy atom. The highest BCUT2D eigenvalue weighted by atomic mass is 15.4. The maximum atomic E-state index is 2.38. The summed E-state index contributed by atoms with van der Waals surface area (Å²) in [5.74, 6) is 0. The zero-order chi connectivity index (χ0) is 9.71. The third-order valence-corrected chi connectivity index (χ3v) is 3.32. The topological polar surface area (TPSA) is 6.48 Å². The first-order chi connectivity index (χ1) is 6.77. The quantitative estimate of drug-likeness (QED) is 0.612. The SMILES string of the molecule is CC1=CN2c3ccccc3CC2N1C. The van der Waals surface area contributed by atoms with Gasteiger partial charge in [0.1, 0.15) is 6.17 Å². The molecule has 2 nitrogen and oxygen atoms in total. The highest BCUT2D eigenvalue weighted by molar-refractivity contribution is 5.63. The minimum Gasteiger partial charge on any atom is -0.356 e. The number of anilines is 1. The summed E-state index contributed by atoms with van der Waals surface area (Å²) in [4.78, 5) is 4.73. The summed E-state index contributed by atoms with van der Waals surface area (Å²) in [6.45, 7) is 2.17. The van der Waals surface area contributed by atoms with Crippen molar-refractivity contribution in [2.75, 3.05) is 11.9 Å². The highest BCUT2D eigenvalue weighted by Crippen LogP contribution is 2.38. The monoisotopic (exact) mass is 186 g/mol. The summed E-state index contributed by atoms with van der Waals surface area (Å²) in [7, 11) is 2.17. The number of allylic oxidation sites excluding steroid dienone is 1. The molecule has 0 saturated heterocycles. The molecule has 1 aromatic rings. The standard InChI is InChI=1S/C12H14N2/c1-9-8-14-11-6-4-3-5-10(11)7-12(14)13(9)2/h3-6,8,12H,7H2,1-2H3. The fraction of sp³-hybridized carbons (Fsp3) is 0.333. The van der Waals surface area contributed by atoms with Crippen molar-refractivity contribution in [3.05, 3.63) is 41.7 Å². The normalized spacial score (nSPS) is 23.6. The molecule has 0 aromatic heterocycles. The Hall–Kier alpha value is -1.44. The van der Waals surface area contributed by atoms with Crippen LogP contribution < -0.4 is 4.90 Å². The van der Waals surface area contributed by atoms with Crippen molar-refractivity contribution in [2.45, 2.75) is 19.5 Å². The van der Waals surface area contributed by atoms with Gasteiger partial charge in [-0.15, -0.1) is 0 Å². The van der Waals surface area contributed by atoms with E-state index in [0.717, 1.165) is 6.42 Å². The second-order valence-electron chi connectivity index (χ2n) is 4.10.